The number of aromatic nitrogens is 1. The molecule has 134 valence electrons. The highest BCUT2D eigenvalue weighted by Gasteiger charge is 2.09. The third-order valence-electron chi connectivity index (χ3n) is 4.28. The van der Waals surface area contributed by atoms with Crippen molar-refractivity contribution in [2.75, 3.05) is 23.3 Å². The topological polar surface area (TPSA) is 57.3 Å². The summed E-state index contributed by atoms with van der Waals surface area (Å²) in [6, 6.07) is 11.9. The average molecular weight is 340 g/mol. The molecule has 0 saturated heterocycles. The van der Waals surface area contributed by atoms with Crippen LogP contribution in [-0.2, 0) is 0 Å². The zero-order valence-corrected chi connectivity index (χ0v) is 15.5. The molecule has 1 heterocycles. The molecule has 0 radical (unpaired) electrons. The van der Waals surface area contributed by atoms with Crippen LogP contribution in [0.1, 0.15) is 44.5 Å². The van der Waals surface area contributed by atoms with E-state index in [-0.39, 0.29) is 11.9 Å². The van der Waals surface area contributed by atoms with Crippen molar-refractivity contribution in [2.24, 2.45) is 0 Å². The van der Waals surface area contributed by atoms with Gasteiger partial charge in [0.25, 0.3) is 5.91 Å². The number of pyridine rings is 1. The molecule has 1 aromatic heterocycles. The molecule has 25 heavy (non-hydrogen) atoms. The number of hydrogen-bond donors (Lipinski definition) is 2. The molecule has 1 unspecified atom stereocenters. The van der Waals surface area contributed by atoms with Crippen LogP contribution in [0.3, 0.4) is 0 Å². The van der Waals surface area contributed by atoms with Gasteiger partial charge in [0.15, 0.2) is 0 Å². The maximum atomic E-state index is 12.2. The Kier molecular flexibility index (Phi) is 6.81. The van der Waals surface area contributed by atoms with E-state index in [4.69, 9.17) is 0 Å². The fourth-order valence-electron chi connectivity index (χ4n) is 2.54. The lowest BCUT2D eigenvalue weighted by atomic mass is 10.2. The van der Waals surface area contributed by atoms with E-state index in [0.29, 0.717) is 11.4 Å². The molecule has 5 nitrogen and oxygen atoms in total. The third kappa shape index (κ3) is 5.21. The van der Waals surface area contributed by atoms with Gasteiger partial charge in [-0.15, -0.1) is 0 Å². The summed E-state index contributed by atoms with van der Waals surface area (Å²) in [6.45, 7) is 10.3. The largest absolute Gasteiger partial charge is 0.372 e. The zero-order valence-electron chi connectivity index (χ0n) is 15.5. The van der Waals surface area contributed by atoms with Gasteiger partial charge < -0.3 is 15.5 Å². The molecule has 1 aromatic carbocycles. The second kappa shape index (κ2) is 9.06. The fraction of sp³-hybridized carbons (Fsp3) is 0.400. The van der Waals surface area contributed by atoms with Crippen LogP contribution in [0.5, 0.6) is 0 Å². The first kappa shape index (κ1) is 18.8. The molecule has 5 heteroatoms. The Bertz CT molecular complexity index is 680. The summed E-state index contributed by atoms with van der Waals surface area (Å²) in [4.78, 5) is 18.8. The second-order valence-corrected chi connectivity index (χ2v) is 6.06. The molecule has 0 bridgehead atoms. The normalized spacial score (nSPS) is 11.7. The number of nitrogens with one attached hydrogen (secondary N) is 2. The van der Waals surface area contributed by atoms with Crippen molar-refractivity contribution in [2.45, 2.75) is 40.2 Å². The molecule has 2 rings (SSSR count). The number of benzene rings is 1. The molecular weight excluding hydrogens is 312 g/mol. The van der Waals surface area contributed by atoms with Crippen LogP contribution in [0.4, 0.5) is 17.2 Å². The van der Waals surface area contributed by atoms with Gasteiger partial charge in [0, 0.05) is 42.3 Å². The van der Waals surface area contributed by atoms with E-state index in [9.17, 15) is 4.79 Å². The summed E-state index contributed by atoms with van der Waals surface area (Å²) < 4.78 is 0. The number of nitrogens with zero attached hydrogens (tertiary/aromatic N) is 2. The third-order valence-corrected chi connectivity index (χ3v) is 4.28. The van der Waals surface area contributed by atoms with Crippen molar-refractivity contribution in [3.8, 4) is 0 Å². The van der Waals surface area contributed by atoms with E-state index < -0.39 is 0 Å². The van der Waals surface area contributed by atoms with Gasteiger partial charge in [-0.2, -0.15) is 0 Å². The van der Waals surface area contributed by atoms with Gasteiger partial charge in [-0.1, -0.05) is 6.92 Å². The number of amides is 1. The molecule has 0 fully saturated rings. The van der Waals surface area contributed by atoms with E-state index in [1.165, 1.54) is 5.69 Å². The van der Waals surface area contributed by atoms with Crippen LogP contribution in [-0.4, -0.2) is 30.0 Å². The number of hydrogen-bond acceptors (Lipinski definition) is 4. The molecule has 1 atom stereocenters. The van der Waals surface area contributed by atoms with Gasteiger partial charge in [-0.25, -0.2) is 4.98 Å². The Morgan fingerprint density at radius 1 is 1.12 bits per heavy atom. The van der Waals surface area contributed by atoms with Crippen LogP contribution in [0.15, 0.2) is 42.6 Å². The summed E-state index contributed by atoms with van der Waals surface area (Å²) in [5.41, 5.74) is 2.76. The van der Waals surface area contributed by atoms with Crippen molar-refractivity contribution < 1.29 is 4.79 Å². The first-order chi connectivity index (χ1) is 12.1. The lowest BCUT2D eigenvalue weighted by Gasteiger charge is -2.21. The quantitative estimate of drug-likeness (QED) is 0.756. The number of carbonyl (C=O) groups is 1. The standard InChI is InChI=1S/C20H28N4O/c1-5-15(4)22-20(25)16-12-13-21-19(14-16)23-17-8-10-18(11-9-17)24(6-2)7-3/h8-15H,5-7H2,1-4H3,(H,21,23)(H,22,25). The first-order valence-electron chi connectivity index (χ1n) is 8.96. The minimum absolute atomic E-state index is 0.0725. The Hall–Kier alpha value is -2.56. The average Bonchev–Trinajstić information content (AvgIpc) is 2.64. The summed E-state index contributed by atoms with van der Waals surface area (Å²) >= 11 is 0. The maximum Gasteiger partial charge on any atom is 0.251 e. The Labute approximate surface area is 150 Å². The van der Waals surface area contributed by atoms with Crippen LogP contribution in [0, 0.1) is 0 Å². The highest BCUT2D eigenvalue weighted by molar-refractivity contribution is 5.95. The molecule has 2 N–H and O–H groups in total. The first-order valence-corrected chi connectivity index (χ1v) is 8.96. The number of carbonyl (C=O) groups excluding carboxylic acids is 1. The van der Waals surface area contributed by atoms with Crippen molar-refractivity contribution in [1.29, 1.82) is 0 Å². The van der Waals surface area contributed by atoms with E-state index in [2.05, 4.69) is 46.5 Å². The van der Waals surface area contributed by atoms with E-state index in [1.54, 1.807) is 18.3 Å². The Morgan fingerprint density at radius 3 is 2.40 bits per heavy atom. The van der Waals surface area contributed by atoms with Gasteiger partial charge in [-0.3, -0.25) is 4.79 Å². The van der Waals surface area contributed by atoms with Crippen molar-refractivity contribution in [1.82, 2.24) is 10.3 Å². The summed E-state index contributed by atoms with van der Waals surface area (Å²) in [7, 11) is 0. The van der Waals surface area contributed by atoms with Gasteiger partial charge in [0.2, 0.25) is 0 Å². The van der Waals surface area contributed by atoms with Gasteiger partial charge in [0.1, 0.15) is 5.82 Å². The van der Waals surface area contributed by atoms with Gasteiger partial charge >= 0.3 is 0 Å². The Balaban J connectivity index is 2.08. The van der Waals surface area contributed by atoms with Crippen LogP contribution in [0.25, 0.3) is 0 Å². The van der Waals surface area contributed by atoms with Crippen LogP contribution >= 0.6 is 0 Å². The predicted octanol–water partition coefficient (Wildman–Crippen LogP) is 4.20. The highest BCUT2D eigenvalue weighted by Crippen LogP contribution is 2.20. The predicted molar refractivity (Wildman–Crippen MR) is 105 cm³/mol. The van der Waals surface area contributed by atoms with Crippen molar-refractivity contribution in [3.05, 3.63) is 48.2 Å². The van der Waals surface area contributed by atoms with Gasteiger partial charge in [-0.05, 0) is 63.6 Å². The van der Waals surface area contributed by atoms with Crippen molar-refractivity contribution >= 4 is 23.1 Å². The number of rotatable bonds is 8. The summed E-state index contributed by atoms with van der Waals surface area (Å²) in [6.07, 6.45) is 2.55. The minimum atomic E-state index is -0.0725. The molecular formula is C20H28N4O. The SMILES string of the molecule is CCC(C)NC(=O)c1ccnc(Nc2ccc(N(CC)CC)cc2)c1. The van der Waals surface area contributed by atoms with E-state index in [0.717, 1.165) is 25.2 Å². The van der Waals surface area contributed by atoms with E-state index in [1.807, 2.05) is 26.0 Å². The molecule has 0 aliphatic rings. The monoisotopic (exact) mass is 340 g/mol. The van der Waals surface area contributed by atoms with E-state index >= 15 is 0 Å². The molecule has 0 spiro atoms. The smallest absolute Gasteiger partial charge is 0.251 e. The van der Waals surface area contributed by atoms with Crippen LogP contribution in [0.2, 0.25) is 0 Å². The van der Waals surface area contributed by atoms with Crippen molar-refractivity contribution in [3.63, 3.8) is 0 Å². The minimum Gasteiger partial charge on any atom is -0.372 e. The molecule has 2 aromatic rings. The zero-order chi connectivity index (χ0) is 18.2. The lowest BCUT2D eigenvalue weighted by Crippen LogP contribution is -2.31. The molecule has 0 aliphatic carbocycles. The molecule has 1 amide bonds. The molecule has 0 saturated carbocycles. The second-order valence-electron chi connectivity index (χ2n) is 6.06. The van der Waals surface area contributed by atoms with Gasteiger partial charge in [0.05, 0.1) is 0 Å². The molecule has 0 aliphatic heterocycles. The summed E-state index contributed by atoms with van der Waals surface area (Å²) in [5.74, 6) is 0.587. The van der Waals surface area contributed by atoms with Crippen LogP contribution < -0.4 is 15.5 Å². The Morgan fingerprint density at radius 2 is 1.80 bits per heavy atom. The maximum absolute atomic E-state index is 12.2. The lowest BCUT2D eigenvalue weighted by molar-refractivity contribution is 0.0939. The fourth-order valence-corrected chi connectivity index (χ4v) is 2.54. The number of anilines is 3. The highest BCUT2D eigenvalue weighted by atomic mass is 16.1. The summed E-state index contributed by atoms with van der Waals surface area (Å²) in [5, 5.41) is 6.23.